The quantitative estimate of drug-likeness (QED) is 0.583. The predicted molar refractivity (Wildman–Crippen MR) is 48.8 cm³/mol. The molecule has 1 heterocycles. The van der Waals surface area contributed by atoms with Crippen molar-refractivity contribution in [1.82, 2.24) is 9.97 Å². The molecule has 1 aliphatic rings. The van der Waals surface area contributed by atoms with Gasteiger partial charge >= 0.3 is 0 Å². The molecule has 0 saturated heterocycles. The Balaban J connectivity index is 2.70. The molecule has 0 bridgehead atoms. The molecule has 1 atom stereocenters. The number of hydrogen-bond acceptors (Lipinski definition) is 2. The maximum atomic E-state index is 7.72. The van der Waals surface area contributed by atoms with E-state index < -0.39 is 0 Å². The first-order chi connectivity index (χ1) is 6.09. The highest BCUT2D eigenvalue weighted by Crippen LogP contribution is 2.32. The van der Waals surface area contributed by atoms with Crippen molar-refractivity contribution >= 4 is 5.57 Å². The second kappa shape index (κ2) is 2.41. The van der Waals surface area contributed by atoms with Gasteiger partial charge in [-0.1, -0.05) is 13.0 Å². The zero-order valence-electron chi connectivity index (χ0n) is 8.55. The van der Waals surface area contributed by atoms with E-state index in [4.69, 9.17) is 1.37 Å². The van der Waals surface area contributed by atoms with Gasteiger partial charge in [0.1, 0.15) is 5.82 Å². The Kier molecular flexibility index (Phi) is 1.27. The summed E-state index contributed by atoms with van der Waals surface area (Å²) in [5, 5.41) is 0. The minimum Gasteiger partial charge on any atom is -0.241 e. The molecule has 2 heteroatoms. The fourth-order valence-electron chi connectivity index (χ4n) is 1.61. The Labute approximate surface area is 73.8 Å². The highest BCUT2D eigenvalue weighted by atomic mass is 14.9. The minimum absolute atomic E-state index is 0.334. The molecule has 0 N–H and O–H groups in total. The zero-order valence-corrected chi connectivity index (χ0v) is 7.55. The van der Waals surface area contributed by atoms with Crippen LogP contribution in [0, 0.1) is 6.92 Å². The Morgan fingerprint density at radius 2 is 2.25 bits per heavy atom. The van der Waals surface area contributed by atoms with E-state index in [2.05, 4.69) is 23.0 Å². The number of hydrogen-bond donors (Lipinski definition) is 0. The molecule has 0 spiro atoms. The molecule has 12 heavy (non-hydrogen) atoms. The van der Waals surface area contributed by atoms with E-state index in [1.807, 2.05) is 13.8 Å². The predicted octanol–water partition coefficient (Wildman–Crippen LogP) is 2.31. The van der Waals surface area contributed by atoms with Crippen molar-refractivity contribution in [2.24, 2.45) is 0 Å². The van der Waals surface area contributed by atoms with E-state index in [-0.39, 0.29) is 0 Å². The molecule has 1 aliphatic carbocycles. The van der Waals surface area contributed by atoms with E-state index in [1.165, 1.54) is 0 Å². The van der Waals surface area contributed by atoms with Crippen LogP contribution < -0.4 is 0 Å². The molecule has 0 radical (unpaired) electrons. The second-order valence-corrected chi connectivity index (χ2v) is 3.28. The number of rotatable bonds is 0. The number of nitrogens with zero attached hydrogens (tertiary/aromatic N) is 2. The van der Waals surface area contributed by atoms with Crippen LogP contribution in [0.1, 0.15) is 38.2 Å². The van der Waals surface area contributed by atoms with Gasteiger partial charge in [0.05, 0.1) is 7.06 Å². The van der Waals surface area contributed by atoms with Crippen molar-refractivity contribution in [3.8, 4) is 0 Å². The second-order valence-electron chi connectivity index (χ2n) is 3.28. The highest BCUT2D eigenvalue weighted by Gasteiger charge is 2.18. The van der Waals surface area contributed by atoms with E-state index in [1.54, 1.807) is 0 Å². The molecule has 2 nitrogen and oxygen atoms in total. The lowest BCUT2D eigenvalue weighted by Crippen LogP contribution is -1.97. The van der Waals surface area contributed by atoms with Gasteiger partial charge in [-0.2, -0.15) is 0 Å². The standard InChI is InChI=1S/C10H12N2/c1-6-4-7(2)10-9(6)5-11-8(3)12-10/h4-5,7H,1-3H3/i5D. The van der Waals surface area contributed by atoms with Crippen LogP contribution in [0.2, 0.25) is 0 Å². The average molecular weight is 161 g/mol. The first-order valence-corrected chi connectivity index (χ1v) is 4.13. The molecule has 62 valence electrons. The zero-order chi connectivity index (χ0) is 9.59. The van der Waals surface area contributed by atoms with Gasteiger partial charge in [-0.3, -0.25) is 0 Å². The summed E-state index contributed by atoms with van der Waals surface area (Å²) in [5.74, 6) is 1.03. The van der Waals surface area contributed by atoms with Crippen molar-refractivity contribution < 1.29 is 1.37 Å². The molecule has 1 unspecified atom stereocenters. The maximum Gasteiger partial charge on any atom is 0.125 e. The van der Waals surface area contributed by atoms with Crippen LogP contribution in [0.5, 0.6) is 0 Å². The van der Waals surface area contributed by atoms with Crippen LogP contribution in [0.4, 0.5) is 0 Å². The van der Waals surface area contributed by atoms with Crippen LogP contribution in [0.3, 0.4) is 0 Å². The van der Waals surface area contributed by atoms with E-state index in [0.717, 1.165) is 16.8 Å². The molecule has 1 aromatic rings. The Hall–Kier alpha value is -1.18. The van der Waals surface area contributed by atoms with Crippen LogP contribution in [0.25, 0.3) is 5.57 Å². The fourth-order valence-corrected chi connectivity index (χ4v) is 1.61. The summed E-state index contributed by atoms with van der Waals surface area (Å²) in [7, 11) is 0. The summed E-state index contributed by atoms with van der Waals surface area (Å²) >= 11 is 0. The summed E-state index contributed by atoms with van der Waals surface area (Å²) in [5.41, 5.74) is 3.07. The van der Waals surface area contributed by atoms with Crippen molar-refractivity contribution in [2.75, 3.05) is 0 Å². The van der Waals surface area contributed by atoms with E-state index >= 15 is 0 Å². The normalized spacial score (nSPS) is 21.8. The Morgan fingerprint density at radius 3 is 3.00 bits per heavy atom. The molecule has 1 aromatic heterocycles. The molecule has 0 saturated carbocycles. The first-order valence-electron chi connectivity index (χ1n) is 4.63. The molecular formula is C10H12N2. The number of allylic oxidation sites excluding steroid dienone is 2. The summed E-state index contributed by atoms with van der Waals surface area (Å²) in [6.45, 7) is 5.94. The van der Waals surface area contributed by atoms with Gasteiger partial charge in [-0.15, -0.1) is 0 Å². The van der Waals surface area contributed by atoms with Crippen LogP contribution in [-0.4, -0.2) is 9.97 Å². The van der Waals surface area contributed by atoms with Crippen LogP contribution >= 0.6 is 0 Å². The molecule has 0 amide bonds. The van der Waals surface area contributed by atoms with Gasteiger partial charge in [0.15, 0.2) is 0 Å². The fraction of sp³-hybridized carbons (Fsp3) is 0.400. The molecular weight excluding hydrogens is 148 g/mol. The lowest BCUT2D eigenvalue weighted by Gasteiger charge is -2.03. The number of aryl methyl sites for hydroxylation is 1. The summed E-state index contributed by atoms with van der Waals surface area (Å²) < 4.78 is 7.72. The smallest absolute Gasteiger partial charge is 0.125 e. The molecule has 0 fully saturated rings. The third-order valence-electron chi connectivity index (χ3n) is 2.19. The largest absolute Gasteiger partial charge is 0.241 e. The number of fused-ring (bicyclic) bond motifs is 1. The lowest BCUT2D eigenvalue weighted by molar-refractivity contribution is 0.884. The summed E-state index contributed by atoms with van der Waals surface area (Å²) in [4.78, 5) is 8.41. The third kappa shape index (κ3) is 0.951. The van der Waals surface area contributed by atoms with Crippen LogP contribution in [-0.2, 0) is 0 Å². The Morgan fingerprint density at radius 1 is 1.50 bits per heavy atom. The van der Waals surface area contributed by atoms with E-state index in [9.17, 15) is 0 Å². The lowest BCUT2D eigenvalue weighted by atomic mass is 10.1. The highest BCUT2D eigenvalue weighted by molar-refractivity contribution is 5.71. The molecule has 0 aliphatic heterocycles. The van der Waals surface area contributed by atoms with Crippen molar-refractivity contribution in [1.29, 1.82) is 0 Å². The van der Waals surface area contributed by atoms with Gasteiger partial charge in [-0.05, 0) is 19.4 Å². The van der Waals surface area contributed by atoms with Gasteiger partial charge in [0.25, 0.3) is 0 Å². The molecule has 0 aromatic carbocycles. The van der Waals surface area contributed by atoms with Crippen molar-refractivity contribution in [3.05, 3.63) is 29.3 Å². The Bertz CT molecular complexity index is 396. The maximum absolute atomic E-state index is 7.72. The summed E-state index contributed by atoms with van der Waals surface area (Å²) in [6, 6.07) is 0. The average Bonchev–Trinajstić information content (AvgIpc) is 2.27. The SMILES string of the molecule is [2H]c1nc(C)nc2c1C(C)=CC2C. The van der Waals surface area contributed by atoms with Crippen molar-refractivity contribution in [3.63, 3.8) is 0 Å². The topological polar surface area (TPSA) is 25.8 Å². The van der Waals surface area contributed by atoms with Gasteiger partial charge < -0.3 is 0 Å². The van der Waals surface area contributed by atoms with E-state index in [0.29, 0.717) is 17.9 Å². The van der Waals surface area contributed by atoms with Crippen LogP contribution in [0.15, 0.2) is 12.2 Å². The number of aromatic nitrogens is 2. The summed E-state index contributed by atoms with van der Waals surface area (Å²) in [6.07, 6.45) is 2.50. The van der Waals surface area contributed by atoms with Gasteiger partial charge in [0, 0.05) is 17.7 Å². The first kappa shape index (κ1) is 6.35. The van der Waals surface area contributed by atoms with Gasteiger partial charge in [0.2, 0.25) is 0 Å². The van der Waals surface area contributed by atoms with Gasteiger partial charge in [-0.25, -0.2) is 9.97 Å². The monoisotopic (exact) mass is 161 g/mol. The third-order valence-corrected chi connectivity index (χ3v) is 2.19. The molecule has 2 rings (SSSR count). The minimum atomic E-state index is 0.334. The van der Waals surface area contributed by atoms with Crippen molar-refractivity contribution in [2.45, 2.75) is 26.7 Å².